The minimum atomic E-state index is -0.216. The van der Waals surface area contributed by atoms with Crippen molar-refractivity contribution in [2.45, 2.75) is 32.4 Å². The van der Waals surface area contributed by atoms with E-state index >= 15 is 0 Å². The first-order valence-corrected chi connectivity index (χ1v) is 5.94. The third kappa shape index (κ3) is 3.32. The molecule has 0 saturated carbocycles. The van der Waals surface area contributed by atoms with Gasteiger partial charge in [0.15, 0.2) is 0 Å². The van der Waals surface area contributed by atoms with Gasteiger partial charge in [-0.2, -0.15) is 0 Å². The summed E-state index contributed by atoms with van der Waals surface area (Å²) in [6.07, 6.45) is 0.738. The minimum absolute atomic E-state index is 0.189. The second-order valence-electron chi connectivity index (χ2n) is 3.39. The van der Waals surface area contributed by atoms with Crippen molar-refractivity contribution in [3.05, 3.63) is 22.4 Å². The predicted octanol–water partition coefficient (Wildman–Crippen LogP) is 2.35. The van der Waals surface area contributed by atoms with E-state index in [4.69, 9.17) is 4.74 Å². The fourth-order valence-corrected chi connectivity index (χ4v) is 2.16. The number of rotatable bonds is 5. The van der Waals surface area contributed by atoms with Gasteiger partial charge in [-0.15, -0.1) is 11.3 Å². The maximum absolute atomic E-state index is 11.4. The number of carbonyl (C=O) groups is 1. The Kier molecular flexibility index (Phi) is 4.78. The summed E-state index contributed by atoms with van der Waals surface area (Å²) in [5.41, 5.74) is 0. The number of esters is 1. The molecular weight excluding hydrogens is 210 g/mol. The van der Waals surface area contributed by atoms with Crippen molar-refractivity contribution in [1.82, 2.24) is 5.32 Å². The highest BCUT2D eigenvalue weighted by Crippen LogP contribution is 2.19. The standard InChI is InChI=1S/C11H17NO2S/c1-4-9(11(13)14-3)12-8(2)10-6-5-7-15-10/h5-9,12H,4H2,1-3H3/t8-,9?/m0/s1. The molecule has 1 unspecified atom stereocenters. The molecule has 0 aliphatic carbocycles. The van der Waals surface area contributed by atoms with Gasteiger partial charge in [0.2, 0.25) is 0 Å². The maximum Gasteiger partial charge on any atom is 0.322 e. The summed E-state index contributed by atoms with van der Waals surface area (Å²) < 4.78 is 4.72. The Balaban J connectivity index is 2.56. The van der Waals surface area contributed by atoms with Gasteiger partial charge >= 0.3 is 5.97 Å². The molecule has 4 heteroatoms. The molecule has 0 aromatic carbocycles. The van der Waals surface area contributed by atoms with Crippen LogP contribution in [0.3, 0.4) is 0 Å². The molecule has 0 spiro atoms. The van der Waals surface area contributed by atoms with Gasteiger partial charge < -0.3 is 4.74 Å². The van der Waals surface area contributed by atoms with Crippen molar-refractivity contribution in [3.63, 3.8) is 0 Å². The van der Waals surface area contributed by atoms with Crippen molar-refractivity contribution in [1.29, 1.82) is 0 Å². The summed E-state index contributed by atoms with van der Waals surface area (Å²) >= 11 is 1.69. The van der Waals surface area contributed by atoms with Crippen molar-refractivity contribution in [2.75, 3.05) is 7.11 Å². The molecule has 1 heterocycles. The molecule has 1 rings (SSSR count). The molecule has 0 fully saturated rings. The first-order valence-electron chi connectivity index (χ1n) is 5.06. The molecule has 1 aromatic heterocycles. The van der Waals surface area contributed by atoms with Gasteiger partial charge in [0, 0.05) is 10.9 Å². The van der Waals surface area contributed by atoms with E-state index in [1.807, 2.05) is 18.4 Å². The fraction of sp³-hybridized carbons (Fsp3) is 0.545. The van der Waals surface area contributed by atoms with Gasteiger partial charge in [-0.1, -0.05) is 13.0 Å². The number of nitrogens with one attached hydrogen (secondary N) is 1. The monoisotopic (exact) mass is 227 g/mol. The van der Waals surface area contributed by atoms with Crippen LogP contribution in [0.15, 0.2) is 17.5 Å². The van der Waals surface area contributed by atoms with E-state index in [0.29, 0.717) is 0 Å². The van der Waals surface area contributed by atoms with Crippen LogP contribution >= 0.6 is 11.3 Å². The number of methoxy groups -OCH3 is 1. The summed E-state index contributed by atoms with van der Waals surface area (Å²) in [4.78, 5) is 12.6. The lowest BCUT2D eigenvalue weighted by Crippen LogP contribution is -2.38. The van der Waals surface area contributed by atoms with E-state index in [1.165, 1.54) is 12.0 Å². The Hall–Kier alpha value is -0.870. The fourth-order valence-electron chi connectivity index (χ4n) is 1.42. The molecule has 2 atom stereocenters. The second-order valence-corrected chi connectivity index (χ2v) is 4.37. The van der Waals surface area contributed by atoms with E-state index in [9.17, 15) is 4.79 Å². The first kappa shape index (κ1) is 12.2. The van der Waals surface area contributed by atoms with E-state index < -0.39 is 0 Å². The molecule has 0 saturated heterocycles. The molecule has 0 bridgehead atoms. The Morgan fingerprint density at radius 1 is 1.67 bits per heavy atom. The Bertz CT molecular complexity index is 298. The molecule has 1 aromatic rings. The molecule has 0 aliphatic heterocycles. The number of thiophene rings is 1. The molecule has 3 nitrogen and oxygen atoms in total. The van der Waals surface area contributed by atoms with Crippen LogP contribution in [0, 0.1) is 0 Å². The van der Waals surface area contributed by atoms with E-state index in [0.717, 1.165) is 6.42 Å². The molecule has 0 amide bonds. The van der Waals surface area contributed by atoms with Gasteiger partial charge in [0.05, 0.1) is 7.11 Å². The highest BCUT2D eigenvalue weighted by Gasteiger charge is 2.19. The van der Waals surface area contributed by atoms with Crippen molar-refractivity contribution in [2.24, 2.45) is 0 Å². The maximum atomic E-state index is 11.4. The molecule has 84 valence electrons. The zero-order valence-electron chi connectivity index (χ0n) is 9.32. The molecule has 0 radical (unpaired) electrons. The average Bonchev–Trinajstić information content (AvgIpc) is 2.77. The lowest BCUT2D eigenvalue weighted by atomic mass is 10.2. The quantitative estimate of drug-likeness (QED) is 0.785. The van der Waals surface area contributed by atoms with Crippen molar-refractivity contribution < 1.29 is 9.53 Å². The van der Waals surface area contributed by atoms with Gasteiger partial charge in [0.25, 0.3) is 0 Å². The molecule has 15 heavy (non-hydrogen) atoms. The number of hydrogen-bond acceptors (Lipinski definition) is 4. The highest BCUT2D eigenvalue weighted by atomic mass is 32.1. The number of hydrogen-bond donors (Lipinski definition) is 1. The van der Waals surface area contributed by atoms with Crippen LogP contribution < -0.4 is 5.32 Å². The lowest BCUT2D eigenvalue weighted by molar-refractivity contribution is -0.143. The normalized spacial score (nSPS) is 14.6. The zero-order valence-corrected chi connectivity index (χ0v) is 10.1. The summed E-state index contributed by atoms with van der Waals surface area (Å²) in [5.74, 6) is -0.194. The van der Waals surface area contributed by atoms with Gasteiger partial charge in [0.1, 0.15) is 6.04 Å². The van der Waals surface area contributed by atoms with E-state index in [1.54, 1.807) is 11.3 Å². The average molecular weight is 227 g/mol. The van der Waals surface area contributed by atoms with Gasteiger partial charge in [-0.3, -0.25) is 10.1 Å². The van der Waals surface area contributed by atoms with E-state index in [-0.39, 0.29) is 18.1 Å². The molecular formula is C11H17NO2S. The van der Waals surface area contributed by atoms with Gasteiger partial charge in [-0.25, -0.2) is 0 Å². The Morgan fingerprint density at radius 2 is 2.40 bits per heavy atom. The van der Waals surface area contributed by atoms with Crippen LogP contribution in [0.25, 0.3) is 0 Å². The van der Waals surface area contributed by atoms with Crippen LogP contribution in [-0.2, 0) is 9.53 Å². The Labute approximate surface area is 94.5 Å². The van der Waals surface area contributed by atoms with Gasteiger partial charge in [-0.05, 0) is 24.8 Å². The largest absolute Gasteiger partial charge is 0.468 e. The second kappa shape index (κ2) is 5.88. The lowest BCUT2D eigenvalue weighted by Gasteiger charge is -2.19. The van der Waals surface area contributed by atoms with Crippen molar-refractivity contribution >= 4 is 17.3 Å². The SMILES string of the molecule is CCC(N[C@@H](C)c1cccs1)C(=O)OC. The number of carbonyl (C=O) groups excluding carboxylic acids is 1. The molecule has 0 aliphatic rings. The third-order valence-electron chi connectivity index (χ3n) is 2.32. The van der Waals surface area contributed by atoms with Crippen LogP contribution in [0.5, 0.6) is 0 Å². The van der Waals surface area contributed by atoms with Crippen LogP contribution in [-0.4, -0.2) is 19.1 Å². The summed E-state index contributed by atoms with van der Waals surface area (Å²) in [6, 6.07) is 4.05. The Morgan fingerprint density at radius 3 is 2.87 bits per heavy atom. The predicted molar refractivity (Wildman–Crippen MR) is 62.0 cm³/mol. The van der Waals surface area contributed by atoms with Crippen LogP contribution in [0.1, 0.15) is 31.2 Å². The van der Waals surface area contributed by atoms with Crippen LogP contribution in [0.4, 0.5) is 0 Å². The van der Waals surface area contributed by atoms with Crippen LogP contribution in [0.2, 0.25) is 0 Å². The van der Waals surface area contributed by atoms with Crippen molar-refractivity contribution in [3.8, 4) is 0 Å². The molecule has 1 N–H and O–H groups in total. The van der Waals surface area contributed by atoms with E-state index in [2.05, 4.69) is 18.3 Å². The summed E-state index contributed by atoms with van der Waals surface area (Å²) in [6.45, 7) is 4.02. The third-order valence-corrected chi connectivity index (χ3v) is 3.37. The summed E-state index contributed by atoms with van der Waals surface area (Å²) in [7, 11) is 1.42. The zero-order chi connectivity index (χ0) is 11.3. The topological polar surface area (TPSA) is 38.3 Å². The minimum Gasteiger partial charge on any atom is -0.468 e. The number of ether oxygens (including phenoxy) is 1. The first-order chi connectivity index (χ1) is 7.19. The smallest absolute Gasteiger partial charge is 0.322 e. The summed E-state index contributed by atoms with van der Waals surface area (Å²) in [5, 5.41) is 5.29. The highest BCUT2D eigenvalue weighted by molar-refractivity contribution is 7.10.